The molecule has 0 saturated heterocycles. The molecule has 0 saturated carbocycles. The van der Waals surface area contributed by atoms with Crippen molar-refractivity contribution in [1.82, 2.24) is 9.97 Å². The zero-order valence-electron chi connectivity index (χ0n) is 15.2. The fourth-order valence-corrected chi connectivity index (χ4v) is 2.91. The van der Waals surface area contributed by atoms with Gasteiger partial charge in [0.2, 0.25) is 5.91 Å². The van der Waals surface area contributed by atoms with Crippen LogP contribution in [0, 0.1) is 0 Å². The zero-order valence-corrected chi connectivity index (χ0v) is 16.8. The summed E-state index contributed by atoms with van der Waals surface area (Å²) in [7, 11) is 1.63. The number of hydrogen-bond acceptors (Lipinski definition) is 4. The maximum absolute atomic E-state index is 12.4. The summed E-state index contributed by atoms with van der Waals surface area (Å²) in [5, 5.41) is 2.88. The number of rotatable bonds is 6. The topological polar surface area (TPSA) is 64.1 Å². The lowest BCUT2D eigenvalue weighted by Gasteiger charge is -2.11. The molecule has 1 amide bonds. The molecule has 1 heterocycles. The summed E-state index contributed by atoms with van der Waals surface area (Å²) in [6.45, 7) is 1.99. The van der Waals surface area contributed by atoms with Crippen LogP contribution in [-0.2, 0) is 17.6 Å². The van der Waals surface area contributed by atoms with Gasteiger partial charge in [-0.2, -0.15) is 0 Å². The van der Waals surface area contributed by atoms with Crippen LogP contribution in [0.15, 0.2) is 59.2 Å². The first kappa shape index (κ1) is 19.0. The molecule has 0 unspecified atom stereocenters. The molecule has 3 rings (SSSR count). The number of anilines is 1. The highest BCUT2D eigenvalue weighted by molar-refractivity contribution is 9.10. The van der Waals surface area contributed by atoms with Gasteiger partial charge in [0.15, 0.2) is 5.82 Å². The van der Waals surface area contributed by atoms with Gasteiger partial charge >= 0.3 is 0 Å². The van der Waals surface area contributed by atoms with Crippen LogP contribution in [0.1, 0.15) is 18.2 Å². The zero-order chi connectivity index (χ0) is 19.2. The van der Waals surface area contributed by atoms with Crippen LogP contribution >= 0.6 is 15.9 Å². The van der Waals surface area contributed by atoms with E-state index < -0.39 is 0 Å². The van der Waals surface area contributed by atoms with Crippen molar-refractivity contribution in [2.75, 3.05) is 12.4 Å². The van der Waals surface area contributed by atoms with E-state index >= 15 is 0 Å². The molecule has 138 valence electrons. The highest BCUT2D eigenvalue weighted by atomic mass is 79.9. The molecule has 0 aliphatic heterocycles. The average Bonchev–Trinajstić information content (AvgIpc) is 2.70. The van der Waals surface area contributed by atoms with Crippen molar-refractivity contribution >= 4 is 27.7 Å². The molecule has 27 heavy (non-hydrogen) atoms. The minimum atomic E-state index is -0.112. The monoisotopic (exact) mass is 425 g/mol. The first-order valence-corrected chi connectivity index (χ1v) is 9.43. The lowest BCUT2D eigenvalue weighted by molar-refractivity contribution is -0.115. The number of nitrogens with zero attached hydrogens (tertiary/aromatic N) is 2. The van der Waals surface area contributed by atoms with Crippen LogP contribution in [0.5, 0.6) is 5.75 Å². The van der Waals surface area contributed by atoms with E-state index in [4.69, 9.17) is 4.74 Å². The Balaban J connectivity index is 1.75. The summed E-state index contributed by atoms with van der Waals surface area (Å²) in [5.74, 6) is 1.19. The molecule has 1 aromatic heterocycles. The maximum Gasteiger partial charge on any atom is 0.229 e. The fraction of sp³-hybridized carbons (Fsp3) is 0.190. The number of aryl methyl sites for hydroxylation is 1. The quantitative estimate of drug-likeness (QED) is 0.623. The van der Waals surface area contributed by atoms with E-state index in [2.05, 4.69) is 31.2 Å². The molecule has 5 nitrogen and oxygen atoms in total. The molecule has 0 spiro atoms. The van der Waals surface area contributed by atoms with Crippen molar-refractivity contribution in [3.63, 3.8) is 0 Å². The van der Waals surface area contributed by atoms with Gasteiger partial charge in [-0.25, -0.2) is 9.97 Å². The molecule has 0 fully saturated rings. The highest BCUT2D eigenvalue weighted by Crippen LogP contribution is 2.22. The number of carbonyl (C=O) groups is 1. The van der Waals surface area contributed by atoms with E-state index in [1.54, 1.807) is 13.3 Å². The van der Waals surface area contributed by atoms with Crippen LogP contribution in [-0.4, -0.2) is 23.0 Å². The Labute approximate surface area is 167 Å². The minimum absolute atomic E-state index is 0.112. The van der Waals surface area contributed by atoms with Crippen molar-refractivity contribution < 1.29 is 9.53 Å². The van der Waals surface area contributed by atoms with Crippen molar-refractivity contribution in [2.24, 2.45) is 0 Å². The minimum Gasteiger partial charge on any atom is -0.497 e. The van der Waals surface area contributed by atoms with Crippen molar-refractivity contribution in [1.29, 1.82) is 0 Å². The number of halogens is 1. The lowest BCUT2D eigenvalue weighted by Crippen LogP contribution is -2.17. The number of amides is 1. The Kier molecular flexibility index (Phi) is 6.19. The van der Waals surface area contributed by atoms with E-state index in [0.717, 1.165) is 32.7 Å². The molecule has 0 bridgehead atoms. The molecule has 1 N–H and O–H groups in total. The van der Waals surface area contributed by atoms with Gasteiger partial charge in [0.25, 0.3) is 0 Å². The molecule has 0 aliphatic carbocycles. The number of ether oxygens (including phenoxy) is 1. The Morgan fingerprint density at radius 1 is 1.11 bits per heavy atom. The first-order valence-electron chi connectivity index (χ1n) is 8.63. The summed E-state index contributed by atoms with van der Waals surface area (Å²) in [6.07, 6.45) is 2.64. The number of benzene rings is 2. The summed E-state index contributed by atoms with van der Waals surface area (Å²) in [4.78, 5) is 21.5. The molecule has 0 aliphatic rings. The van der Waals surface area contributed by atoms with E-state index in [1.807, 2.05) is 55.5 Å². The van der Waals surface area contributed by atoms with Crippen LogP contribution in [0.25, 0.3) is 11.3 Å². The van der Waals surface area contributed by atoms with Gasteiger partial charge < -0.3 is 10.1 Å². The standard InChI is InChI=1S/C21H20BrN3O2/c1-3-18-21(25-20(26)12-14-4-8-16(22)9-5-14)23-13-19(24-18)15-6-10-17(27-2)11-7-15/h4-11,13H,3,12H2,1-2H3,(H,23,25,26). The lowest BCUT2D eigenvalue weighted by atomic mass is 10.1. The second-order valence-electron chi connectivity index (χ2n) is 5.98. The number of carbonyl (C=O) groups excluding carboxylic acids is 1. The second kappa shape index (κ2) is 8.77. The van der Waals surface area contributed by atoms with E-state index in [-0.39, 0.29) is 5.91 Å². The third-order valence-corrected chi connectivity index (χ3v) is 4.63. The summed E-state index contributed by atoms with van der Waals surface area (Å²) >= 11 is 3.39. The predicted molar refractivity (Wildman–Crippen MR) is 110 cm³/mol. The van der Waals surface area contributed by atoms with Crippen LogP contribution in [0.3, 0.4) is 0 Å². The largest absolute Gasteiger partial charge is 0.497 e. The van der Waals surface area contributed by atoms with E-state index in [0.29, 0.717) is 18.7 Å². The molecule has 6 heteroatoms. The molecular formula is C21H20BrN3O2. The van der Waals surface area contributed by atoms with Gasteiger partial charge in [0.1, 0.15) is 5.75 Å². The van der Waals surface area contributed by atoms with Gasteiger partial charge in [0.05, 0.1) is 31.1 Å². The summed E-state index contributed by atoms with van der Waals surface area (Å²) < 4.78 is 6.17. The molecule has 0 atom stereocenters. The average molecular weight is 426 g/mol. The van der Waals surface area contributed by atoms with Crippen molar-refractivity contribution in [3.8, 4) is 17.0 Å². The fourth-order valence-electron chi connectivity index (χ4n) is 2.64. The number of aromatic nitrogens is 2. The Morgan fingerprint density at radius 3 is 2.44 bits per heavy atom. The summed E-state index contributed by atoms with van der Waals surface area (Å²) in [5.41, 5.74) is 3.41. The Hall–Kier alpha value is -2.73. The first-order chi connectivity index (χ1) is 13.1. The molecule has 2 aromatic carbocycles. The summed E-state index contributed by atoms with van der Waals surface area (Å²) in [6, 6.07) is 15.3. The van der Waals surface area contributed by atoms with Crippen LogP contribution < -0.4 is 10.1 Å². The van der Waals surface area contributed by atoms with Crippen LogP contribution in [0.2, 0.25) is 0 Å². The van der Waals surface area contributed by atoms with Gasteiger partial charge in [-0.05, 0) is 48.4 Å². The smallest absolute Gasteiger partial charge is 0.229 e. The van der Waals surface area contributed by atoms with Crippen molar-refractivity contribution in [2.45, 2.75) is 19.8 Å². The van der Waals surface area contributed by atoms with Gasteiger partial charge in [-0.3, -0.25) is 4.79 Å². The molecular weight excluding hydrogens is 406 g/mol. The predicted octanol–water partition coefficient (Wildman–Crippen LogP) is 4.66. The van der Waals surface area contributed by atoms with Gasteiger partial charge in [0, 0.05) is 10.0 Å². The van der Waals surface area contributed by atoms with Gasteiger partial charge in [-0.1, -0.05) is 35.0 Å². The van der Waals surface area contributed by atoms with E-state index in [9.17, 15) is 4.79 Å². The van der Waals surface area contributed by atoms with Crippen molar-refractivity contribution in [3.05, 3.63) is 70.5 Å². The molecule has 3 aromatic rings. The maximum atomic E-state index is 12.4. The van der Waals surface area contributed by atoms with E-state index in [1.165, 1.54) is 0 Å². The highest BCUT2D eigenvalue weighted by Gasteiger charge is 2.11. The third-order valence-electron chi connectivity index (χ3n) is 4.10. The third kappa shape index (κ3) is 4.92. The normalized spacial score (nSPS) is 10.5. The SMILES string of the molecule is CCc1nc(-c2ccc(OC)cc2)cnc1NC(=O)Cc1ccc(Br)cc1. The van der Waals surface area contributed by atoms with Crippen LogP contribution in [0.4, 0.5) is 5.82 Å². The second-order valence-corrected chi connectivity index (χ2v) is 6.90. The number of hydrogen-bond donors (Lipinski definition) is 1. The molecule has 0 radical (unpaired) electrons. The Bertz CT molecular complexity index is 925. The number of nitrogens with one attached hydrogen (secondary N) is 1. The Morgan fingerprint density at radius 2 is 1.81 bits per heavy atom. The van der Waals surface area contributed by atoms with Gasteiger partial charge in [-0.15, -0.1) is 0 Å². The number of methoxy groups -OCH3 is 1.